The number of rotatable bonds is 0. The van der Waals surface area contributed by atoms with Crippen molar-refractivity contribution in [1.29, 1.82) is 0 Å². The van der Waals surface area contributed by atoms with Gasteiger partial charge in [0.25, 0.3) is 0 Å². The number of hydrogen-bond acceptors (Lipinski definition) is 1. The van der Waals surface area contributed by atoms with Crippen molar-refractivity contribution < 1.29 is 0 Å². The average Bonchev–Trinajstić information content (AvgIpc) is 1.84. The standard InChI is InChI=1S/C9H17N/c1-7-5-4-6-8(10)9(7,2)3/h5,8H,4,6,10H2,1-3H3. The van der Waals surface area contributed by atoms with Gasteiger partial charge in [0.1, 0.15) is 0 Å². The summed E-state index contributed by atoms with van der Waals surface area (Å²) < 4.78 is 0. The van der Waals surface area contributed by atoms with Crippen LogP contribution in [0.1, 0.15) is 33.6 Å². The lowest BCUT2D eigenvalue weighted by Gasteiger charge is -2.36. The largest absolute Gasteiger partial charge is 0.327 e. The van der Waals surface area contributed by atoms with E-state index in [0.29, 0.717) is 6.04 Å². The number of allylic oxidation sites excluding steroid dienone is 1. The van der Waals surface area contributed by atoms with E-state index in [1.54, 1.807) is 0 Å². The summed E-state index contributed by atoms with van der Waals surface area (Å²) in [6.07, 6.45) is 4.62. The van der Waals surface area contributed by atoms with E-state index in [1.807, 2.05) is 0 Å². The molecule has 0 aromatic heterocycles. The summed E-state index contributed by atoms with van der Waals surface area (Å²) in [5.41, 5.74) is 7.65. The molecule has 0 aromatic rings. The minimum Gasteiger partial charge on any atom is -0.327 e. The average molecular weight is 139 g/mol. The molecule has 0 fully saturated rings. The van der Waals surface area contributed by atoms with E-state index in [-0.39, 0.29) is 5.41 Å². The monoisotopic (exact) mass is 139 g/mol. The summed E-state index contributed by atoms with van der Waals surface area (Å²) in [6, 6.07) is 0.359. The molecule has 1 nitrogen and oxygen atoms in total. The van der Waals surface area contributed by atoms with Crippen LogP contribution >= 0.6 is 0 Å². The van der Waals surface area contributed by atoms with Crippen molar-refractivity contribution in [2.75, 3.05) is 0 Å². The third-order valence-electron chi connectivity index (χ3n) is 2.87. The van der Waals surface area contributed by atoms with Crippen LogP contribution in [-0.2, 0) is 0 Å². The van der Waals surface area contributed by atoms with Gasteiger partial charge in [-0.3, -0.25) is 0 Å². The topological polar surface area (TPSA) is 26.0 Å². The van der Waals surface area contributed by atoms with Gasteiger partial charge in [0.2, 0.25) is 0 Å². The summed E-state index contributed by atoms with van der Waals surface area (Å²) in [5.74, 6) is 0. The Kier molecular flexibility index (Phi) is 1.86. The number of hydrogen-bond donors (Lipinski definition) is 1. The normalized spacial score (nSPS) is 31.6. The van der Waals surface area contributed by atoms with Crippen LogP contribution in [0.4, 0.5) is 0 Å². The van der Waals surface area contributed by atoms with E-state index in [0.717, 1.165) is 12.8 Å². The van der Waals surface area contributed by atoms with Gasteiger partial charge in [0.15, 0.2) is 0 Å². The van der Waals surface area contributed by atoms with Crippen LogP contribution in [0.2, 0.25) is 0 Å². The molecule has 1 atom stereocenters. The van der Waals surface area contributed by atoms with Gasteiger partial charge in [0, 0.05) is 11.5 Å². The molecule has 0 saturated carbocycles. The molecule has 1 aliphatic rings. The Morgan fingerprint density at radius 2 is 2.20 bits per heavy atom. The molecule has 0 amide bonds. The first kappa shape index (κ1) is 7.80. The second-order valence-corrected chi connectivity index (χ2v) is 3.79. The highest BCUT2D eigenvalue weighted by Gasteiger charge is 2.29. The first-order valence-corrected chi connectivity index (χ1v) is 3.98. The first-order valence-electron chi connectivity index (χ1n) is 3.98. The maximum absolute atomic E-state index is 5.96. The predicted molar refractivity (Wildman–Crippen MR) is 44.7 cm³/mol. The summed E-state index contributed by atoms with van der Waals surface area (Å²) in [4.78, 5) is 0. The van der Waals surface area contributed by atoms with Gasteiger partial charge in [-0.05, 0) is 19.8 Å². The summed E-state index contributed by atoms with van der Waals surface area (Å²) in [6.45, 7) is 6.63. The molecule has 0 aromatic carbocycles. The van der Waals surface area contributed by atoms with Crippen molar-refractivity contribution in [1.82, 2.24) is 0 Å². The zero-order chi connectivity index (χ0) is 7.78. The van der Waals surface area contributed by atoms with E-state index < -0.39 is 0 Å². The van der Waals surface area contributed by atoms with Crippen LogP contribution < -0.4 is 5.73 Å². The molecular weight excluding hydrogens is 122 g/mol. The lowest BCUT2D eigenvalue weighted by molar-refractivity contribution is 0.315. The molecule has 2 N–H and O–H groups in total. The first-order chi connectivity index (χ1) is 4.55. The molecule has 0 aliphatic heterocycles. The second-order valence-electron chi connectivity index (χ2n) is 3.79. The molecule has 0 spiro atoms. The third-order valence-corrected chi connectivity index (χ3v) is 2.87. The maximum atomic E-state index is 5.96. The highest BCUT2D eigenvalue weighted by atomic mass is 14.7. The molecule has 58 valence electrons. The Bertz CT molecular complexity index is 156. The predicted octanol–water partition coefficient (Wildman–Crippen LogP) is 2.08. The Hall–Kier alpha value is -0.300. The Morgan fingerprint density at radius 3 is 2.60 bits per heavy atom. The fraction of sp³-hybridized carbons (Fsp3) is 0.778. The fourth-order valence-electron chi connectivity index (χ4n) is 1.40. The van der Waals surface area contributed by atoms with Crippen LogP contribution in [0.25, 0.3) is 0 Å². The van der Waals surface area contributed by atoms with Gasteiger partial charge in [0.05, 0.1) is 0 Å². The lowest BCUT2D eigenvalue weighted by atomic mass is 9.73. The van der Waals surface area contributed by atoms with Gasteiger partial charge < -0.3 is 5.73 Å². The molecule has 0 saturated heterocycles. The Balaban J connectivity index is 2.84. The van der Waals surface area contributed by atoms with Gasteiger partial charge in [-0.25, -0.2) is 0 Å². The Labute approximate surface area is 63.3 Å². The summed E-state index contributed by atoms with van der Waals surface area (Å²) >= 11 is 0. The van der Waals surface area contributed by atoms with Crippen molar-refractivity contribution >= 4 is 0 Å². The molecule has 1 rings (SSSR count). The van der Waals surface area contributed by atoms with Crippen molar-refractivity contribution in [2.45, 2.75) is 39.7 Å². The van der Waals surface area contributed by atoms with Crippen LogP contribution in [0.3, 0.4) is 0 Å². The van der Waals surface area contributed by atoms with Crippen molar-refractivity contribution in [3.8, 4) is 0 Å². The fourth-order valence-corrected chi connectivity index (χ4v) is 1.40. The van der Waals surface area contributed by atoms with Gasteiger partial charge in [-0.15, -0.1) is 0 Å². The van der Waals surface area contributed by atoms with Gasteiger partial charge in [-0.2, -0.15) is 0 Å². The highest BCUT2D eigenvalue weighted by molar-refractivity contribution is 5.16. The lowest BCUT2D eigenvalue weighted by Crippen LogP contribution is -2.39. The molecule has 0 radical (unpaired) electrons. The van der Waals surface area contributed by atoms with Gasteiger partial charge >= 0.3 is 0 Å². The van der Waals surface area contributed by atoms with Crippen LogP contribution in [0, 0.1) is 5.41 Å². The van der Waals surface area contributed by atoms with E-state index in [4.69, 9.17) is 5.73 Å². The van der Waals surface area contributed by atoms with Crippen molar-refractivity contribution in [3.05, 3.63) is 11.6 Å². The zero-order valence-corrected chi connectivity index (χ0v) is 7.15. The van der Waals surface area contributed by atoms with E-state index in [2.05, 4.69) is 26.8 Å². The highest BCUT2D eigenvalue weighted by Crippen LogP contribution is 2.34. The molecule has 1 aliphatic carbocycles. The van der Waals surface area contributed by atoms with E-state index >= 15 is 0 Å². The van der Waals surface area contributed by atoms with Crippen LogP contribution in [0.15, 0.2) is 11.6 Å². The molecule has 10 heavy (non-hydrogen) atoms. The van der Waals surface area contributed by atoms with Crippen molar-refractivity contribution in [2.24, 2.45) is 11.1 Å². The minimum atomic E-state index is 0.234. The van der Waals surface area contributed by atoms with E-state index in [1.165, 1.54) is 5.57 Å². The Morgan fingerprint density at radius 1 is 1.60 bits per heavy atom. The van der Waals surface area contributed by atoms with Crippen LogP contribution in [-0.4, -0.2) is 6.04 Å². The van der Waals surface area contributed by atoms with Crippen LogP contribution in [0.5, 0.6) is 0 Å². The second kappa shape index (κ2) is 2.39. The third kappa shape index (κ3) is 1.10. The van der Waals surface area contributed by atoms with Gasteiger partial charge in [-0.1, -0.05) is 25.5 Å². The molecule has 1 unspecified atom stereocenters. The molecular formula is C9H17N. The molecule has 0 bridgehead atoms. The quantitative estimate of drug-likeness (QED) is 0.511. The molecule has 1 heteroatoms. The molecule has 0 heterocycles. The zero-order valence-electron chi connectivity index (χ0n) is 7.15. The minimum absolute atomic E-state index is 0.234. The number of nitrogens with two attached hydrogens (primary N) is 1. The smallest absolute Gasteiger partial charge is 0.0131 e. The maximum Gasteiger partial charge on any atom is 0.0131 e. The summed E-state index contributed by atoms with van der Waals surface area (Å²) in [5, 5.41) is 0. The van der Waals surface area contributed by atoms with Crippen molar-refractivity contribution in [3.63, 3.8) is 0 Å². The SMILES string of the molecule is CC1=CCCC(N)C1(C)C. The summed E-state index contributed by atoms with van der Waals surface area (Å²) in [7, 11) is 0. The van der Waals surface area contributed by atoms with E-state index in [9.17, 15) is 0 Å².